The van der Waals surface area contributed by atoms with Crippen LogP contribution < -0.4 is 10.5 Å². The number of nitrogens with two attached hydrogens (primary N) is 1. The van der Waals surface area contributed by atoms with Gasteiger partial charge in [0.05, 0.1) is 5.75 Å². The molecule has 0 bridgehead atoms. The van der Waals surface area contributed by atoms with Crippen molar-refractivity contribution in [2.75, 3.05) is 17.6 Å². The fourth-order valence-electron chi connectivity index (χ4n) is 0.745. The van der Waals surface area contributed by atoms with E-state index in [-0.39, 0.29) is 5.75 Å². The summed E-state index contributed by atoms with van der Waals surface area (Å²) in [4.78, 5) is 0. The third-order valence-electron chi connectivity index (χ3n) is 1.28. The lowest BCUT2D eigenvalue weighted by Gasteiger charge is -1.99. The summed E-state index contributed by atoms with van der Waals surface area (Å²) < 4.78 is 21.8. The molecule has 1 rings (SSSR count). The van der Waals surface area contributed by atoms with Gasteiger partial charge in [-0.05, 0) is 22.4 Å². The van der Waals surface area contributed by atoms with E-state index in [1.54, 1.807) is 0 Å². The van der Waals surface area contributed by atoms with Crippen LogP contribution in [0.25, 0.3) is 0 Å². The van der Waals surface area contributed by atoms with Crippen LogP contribution in [0, 0.1) is 0 Å². The van der Waals surface area contributed by atoms with Gasteiger partial charge >= 0.3 is 0 Å². The number of hydrogen-bond donors (Lipinski definition) is 2. The van der Waals surface area contributed by atoms with Crippen LogP contribution >= 0.6 is 27.3 Å². The quantitative estimate of drug-likeness (QED) is 0.767. The molecule has 80 valence electrons. The largest absolute Gasteiger partial charge is 0.360 e. The predicted octanol–water partition coefficient (Wildman–Crippen LogP) is 0.391. The normalized spacial score (nSPS) is 11.6. The highest BCUT2D eigenvalue weighted by Crippen LogP contribution is 2.19. The van der Waals surface area contributed by atoms with Crippen molar-refractivity contribution in [1.82, 2.24) is 10.2 Å². The molecule has 0 unspecified atom stereocenters. The predicted molar refractivity (Wildman–Crippen MR) is 58.7 cm³/mol. The van der Waals surface area contributed by atoms with E-state index in [9.17, 15) is 8.42 Å². The number of halogens is 1. The first kappa shape index (κ1) is 11.8. The van der Waals surface area contributed by atoms with Crippen LogP contribution in [0.1, 0.15) is 6.42 Å². The molecule has 0 aliphatic rings. The van der Waals surface area contributed by atoms with E-state index in [1.165, 1.54) is 11.3 Å². The van der Waals surface area contributed by atoms with Gasteiger partial charge in [-0.15, -0.1) is 10.2 Å². The van der Waals surface area contributed by atoms with Crippen molar-refractivity contribution in [2.45, 2.75) is 6.42 Å². The zero-order valence-corrected chi connectivity index (χ0v) is 10.3. The average molecular weight is 301 g/mol. The lowest BCUT2D eigenvalue weighted by Crippen LogP contribution is -2.18. The molecule has 6 nitrogen and oxygen atoms in total. The molecule has 0 spiro atoms. The van der Waals surface area contributed by atoms with Crippen molar-refractivity contribution in [1.29, 1.82) is 0 Å². The van der Waals surface area contributed by atoms with Crippen molar-refractivity contribution < 1.29 is 8.42 Å². The Balaban J connectivity index is 2.23. The number of aromatic nitrogens is 2. The van der Waals surface area contributed by atoms with Gasteiger partial charge in [-0.1, -0.05) is 11.3 Å². The fraction of sp³-hybridized carbons (Fsp3) is 0.600. The first-order valence-corrected chi connectivity index (χ1v) is 7.03. The van der Waals surface area contributed by atoms with E-state index in [2.05, 4.69) is 31.4 Å². The smallest absolute Gasteiger partial charge is 0.209 e. The summed E-state index contributed by atoms with van der Waals surface area (Å²) in [7, 11) is -3.36. The van der Waals surface area contributed by atoms with Gasteiger partial charge in [0, 0.05) is 6.54 Å². The molecule has 1 aromatic rings. The van der Waals surface area contributed by atoms with Gasteiger partial charge < -0.3 is 5.32 Å². The van der Waals surface area contributed by atoms with E-state index in [1.807, 2.05) is 0 Å². The number of primary sulfonamides is 1. The summed E-state index contributed by atoms with van der Waals surface area (Å²) in [5, 5.41) is 15.9. The molecule has 0 saturated carbocycles. The SMILES string of the molecule is NS(=O)(=O)CCCNc1nnc(Br)s1. The first-order valence-electron chi connectivity index (χ1n) is 3.71. The third kappa shape index (κ3) is 4.84. The molecule has 0 aliphatic heterocycles. The van der Waals surface area contributed by atoms with Crippen LogP contribution in [0.4, 0.5) is 5.13 Å². The fourth-order valence-corrected chi connectivity index (χ4v) is 2.33. The van der Waals surface area contributed by atoms with Gasteiger partial charge in [0.15, 0.2) is 3.92 Å². The molecule has 0 radical (unpaired) electrons. The Bertz CT molecular complexity index is 390. The van der Waals surface area contributed by atoms with Gasteiger partial charge in [-0.3, -0.25) is 0 Å². The molecule has 0 atom stereocenters. The second-order valence-corrected chi connectivity index (χ2v) is 6.50. The van der Waals surface area contributed by atoms with E-state index in [4.69, 9.17) is 5.14 Å². The first-order chi connectivity index (χ1) is 6.47. The standard InChI is InChI=1S/C5H9BrN4O2S2/c6-4-9-10-5(13-4)8-2-1-3-14(7,11)12/h1-3H2,(H,8,10)(H2,7,11,12). The van der Waals surface area contributed by atoms with Crippen LogP contribution in [-0.4, -0.2) is 30.9 Å². The number of nitrogens with zero attached hydrogens (tertiary/aromatic N) is 2. The zero-order valence-electron chi connectivity index (χ0n) is 7.10. The van der Waals surface area contributed by atoms with Crippen LogP contribution in [0.2, 0.25) is 0 Å². The summed E-state index contributed by atoms with van der Waals surface area (Å²) in [6, 6.07) is 0. The lowest BCUT2D eigenvalue weighted by atomic mass is 10.5. The Labute approximate surface area is 94.1 Å². The second-order valence-electron chi connectivity index (χ2n) is 2.51. The van der Waals surface area contributed by atoms with E-state index in [0.29, 0.717) is 22.0 Å². The number of rotatable bonds is 5. The zero-order chi connectivity index (χ0) is 10.6. The highest BCUT2D eigenvalue weighted by Gasteiger charge is 2.03. The summed E-state index contributed by atoms with van der Waals surface area (Å²) in [5.74, 6) is -0.0278. The highest BCUT2D eigenvalue weighted by molar-refractivity contribution is 9.11. The van der Waals surface area contributed by atoms with E-state index >= 15 is 0 Å². The maximum atomic E-state index is 10.6. The van der Waals surface area contributed by atoms with Crippen LogP contribution in [-0.2, 0) is 10.0 Å². The van der Waals surface area contributed by atoms with Crippen molar-refractivity contribution >= 4 is 42.4 Å². The van der Waals surface area contributed by atoms with Gasteiger partial charge in [-0.25, -0.2) is 13.6 Å². The average Bonchev–Trinajstić information content (AvgIpc) is 2.44. The minimum atomic E-state index is -3.36. The van der Waals surface area contributed by atoms with Gasteiger partial charge in [0.25, 0.3) is 0 Å². The van der Waals surface area contributed by atoms with Crippen LogP contribution in [0.5, 0.6) is 0 Å². The molecule has 0 aromatic carbocycles. The van der Waals surface area contributed by atoms with E-state index in [0.717, 1.165) is 0 Å². The molecule has 3 N–H and O–H groups in total. The summed E-state index contributed by atoms with van der Waals surface area (Å²) in [5.41, 5.74) is 0. The minimum absolute atomic E-state index is 0.0278. The topological polar surface area (TPSA) is 98.0 Å². The van der Waals surface area contributed by atoms with Crippen LogP contribution in [0.3, 0.4) is 0 Å². The minimum Gasteiger partial charge on any atom is -0.360 e. The second kappa shape index (κ2) is 5.01. The number of sulfonamides is 1. The van der Waals surface area contributed by atoms with Gasteiger partial charge in [0.2, 0.25) is 15.2 Å². The van der Waals surface area contributed by atoms with Crippen molar-refractivity contribution in [3.63, 3.8) is 0 Å². The molecule has 9 heteroatoms. The summed E-state index contributed by atoms with van der Waals surface area (Å²) in [6.07, 6.45) is 0.454. The van der Waals surface area contributed by atoms with Gasteiger partial charge in [-0.2, -0.15) is 0 Å². The Kier molecular flexibility index (Phi) is 4.23. The lowest BCUT2D eigenvalue weighted by molar-refractivity contribution is 0.596. The Morgan fingerprint density at radius 3 is 2.71 bits per heavy atom. The Morgan fingerprint density at radius 1 is 1.50 bits per heavy atom. The highest BCUT2D eigenvalue weighted by atomic mass is 79.9. The molecule has 14 heavy (non-hydrogen) atoms. The molecule has 0 saturated heterocycles. The maximum Gasteiger partial charge on any atom is 0.209 e. The molecule has 0 aliphatic carbocycles. The number of anilines is 1. The molecule has 0 fully saturated rings. The number of hydrogen-bond acceptors (Lipinski definition) is 6. The maximum absolute atomic E-state index is 10.6. The third-order valence-corrected chi connectivity index (χ3v) is 3.45. The monoisotopic (exact) mass is 300 g/mol. The van der Waals surface area contributed by atoms with Gasteiger partial charge in [0.1, 0.15) is 0 Å². The summed E-state index contributed by atoms with van der Waals surface area (Å²) in [6.45, 7) is 0.512. The van der Waals surface area contributed by atoms with Crippen molar-refractivity contribution in [3.05, 3.63) is 3.92 Å². The van der Waals surface area contributed by atoms with Crippen molar-refractivity contribution in [2.24, 2.45) is 5.14 Å². The molecule has 0 amide bonds. The van der Waals surface area contributed by atoms with Crippen LogP contribution in [0.15, 0.2) is 3.92 Å². The molecule has 1 heterocycles. The Hall–Kier alpha value is -0.250. The molecule has 1 aromatic heterocycles. The van der Waals surface area contributed by atoms with Crippen molar-refractivity contribution in [3.8, 4) is 0 Å². The molecular weight excluding hydrogens is 292 g/mol. The number of nitrogens with one attached hydrogen (secondary N) is 1. The molecular formula is C5H9BrN4O2S2. The summed E-state index contributed by atoms with van der Waals surface area (Å²) >= 11 is 4.51. The van der Waals surface area contributed by atoms with E-state index < -0.39 is 10.0 Å². The Morgan fingerprint density at radius 2 is 2.21 bits per heavy atom.